The molecular formula is C18H24NO5-. The molecule has 1 N–H and O–H groups in total. The van der Waals surface area contributed by atoms with Gasteiger partial charge in [0.25, 0.3) is 0 Å². The molecule has 0 heterocycles. The van der Waals surface area contributed by atoms with Crippen molar-refractivity contribution < 1.29 is 24.2 Å². The van der Waals surface area contributed by atoms with Crippen molar-refractivity contribution in [1.29, 1.82) is 0 Å². The Balaban J connectivity index is 2.09. The monoisotopic (exact) mass is 334 g/mol. The van der Waals surface area contributed by atoms with E-state index in [1.54, 1.807) is 20.8 Å². The van der Waals surface area contributed by atoms with E-state index in [0.29, 0.717) is 6.42 Å². The maximum absolute atomic E-state index is 12.1. The molecule has 0 fully saturated rings. The first-order chi connectivity index (χ1) is 11.2. The number of alkyl carbamates (subject to hydrolysis) is 1. The van der Waals surface area contributed by atoms with Crippen LogP contribution in [0.25, 0.3) is 0 Å². The van der Waals surface area contributed by atoms with Crippen molar-refractivity contribution in [3.8, 4) is 0 Å². The smallest absolute Gasteiger partial charge is 0.407 e. The van der Waals surface area contributed by atoms with E-state index in [2.05, 4.69) is 5.32 Å². The molecule has 2 rings (SSSR count). The minimum atomic E-state index is -1.25. The number of benzene rings is 1. The topological polar surface area (TPSA) is 87.7 Å². The molecule has 132 valence electrons. The van der Waals surface area contributed by atoms with Gasteiger partial charge in [0, 0.05) is 12.0 Å². The second-order valence-corrected chi connectivity index (χ2v) is 7.06. The maximum Gasteiger partial charge on any atom is 0.407 e. The molecule has 0 saturated carbocycles. The van der Waals surface area contributed by atoms with E-state index in [1.807, 2.05) is 24.3 Å². The Morgan fingerprint density at radius 1 is 1.33 bits per heavy atom. The Kier molecular flexibility index (Phi) is 5.49. The quantitative estimate of drug-likeness (QED) is 0.879. The predicted octanol–water partition coefficient (Wildman–Crippen LogP) is 1.37. The van der Waals surface area contributed by atoms with Crippen molar-refractivity contribution in [3.63, 3.8) is 0 Å². The molecule has 1 aliphatic rings. The molecule has 0 bridgehead atoms. The van der Waals surface area contributed by atoms with E-state index in [4.69, 9.17) is 9.47 Å². The zero-order chi connectivity index (χ0) is 17.9. The normalized spacial score (nSPS) is 21.0. The molecule has 0 spiro atoms. The van der Waals surface area contributed by atoms with Crippen LogP contribution in [0.15, 0.2) is 24.3 Å². The summed E-state index contributed by atoms with van der Waals surface area (Å²) in [5.41, 5.74) is 1.60. The van der Waals surface area contributed by atoms with E-state index >= 15 is 0 Å². The Hall–Kier alpha value is -2.08. The molecule has 1 aromatic rings. The molecule has 1 aliphatic carbocycles. The predicted molar refractivity (Wildman–Crippen MR) is 86.5 cm³/mol. The summed E-state index contributed by atoms with van der Waals surface area (Å²) < 4.78 is 10.7. The van der Waals surface area contributed by atoms with E-state index in [0.717, 1.165) is 11.1 Å². The number of amides is 1. The first-order valence-corrected chi connectivity index (χ1v) is 8.07. The van der Waals surface area contributed by atoms with Gasteiger partial charge < -0.3 is 24.7 Å². The average Bonchev–Trinajstić information content (AvgIpc) is 2.79. The molecule has 1 aromatic carbocycles. The van der Waals surface area contributed by atoms with Crippen molar-refractivity contribution in [1.82, 2.24) is 5.32 Å². The number of hydrogen-bond donors (Lipinski definition) is 1. The molecule has 0 aliphatic heterocycles. The third-order valence-electron chi connectivity index (χ3n) is 3.94. The van der Waals surface area contributed by atoms with Crippen molar-refractivity contribution in [2.45, 2.75) is 57.8 Å². The molecule has 0 saturated heterocycles. The summed E-state index contributed by atoms with van der Waals surface area (Å²) in [6.07, 6.45) is -0.832. The van der Waals surface area contributed by atoms with Gasteiger partial charge >= 0.3 is 6.09 Å². The number of fused-ring (bicyclic) bond motifs is 1. The highest BCUT2D eigenvalue weighted by atomic mass is 16.6. The van der Waals surface area contributed by atoms with Crippen LogP contribution in [-0.2, 0) is 20.7 Å². The number of ether oxygens (including phenoxy) is 2. The van der Waals surface area contributed by atoms with E-state index in [9.17, 15) is 14.7 Å². The number of carbonyl (C=O) groups excluding carboxylic acids is 2. The summed E-state index contributed by atoms with van der Waals surface area (Å²) in [5, 5.41) is 13.7. The van der Waals surface area contributed by atoms with E-state index in [-0.39, 0.29) is 18.6 Å². The fourth-order valence-electron chi connectivity index (χ4n) is 2.81. The minimum absolute atomic E-state index is 0.129. The van der Waals surface area contributed by atoms with E-state index in [1.165, 1.54) is 6.92 Å². The highest BCUT2D eigenvalue weighted by Gasteiger charge is 2.34. The maximum atomic E-state index is 12.1. The van der Waals surface area contributed by atoms with Crippen LogP contribution in [0.1, 0.15) is 44.7 Å². The van der Waals surface area contributed by atoms with Gasteiger partial charge in [0.1, 0.15) is 5.60 Å². The van der Waals surface area contributed by atoms with Crippen LogP contribution in [0, 0.1) is 0 Å². The van der Waals surface area contributed by atoms with Gasteiger partial charge in [-0.05, 0) is 45.2 Å². The molecule has 1 unspecified atom stereocenters. The third-order valence-corrected chi connectivity index (χ3v) is 3.94. The molecule has 6 nitrogen and oxygen atoms in total. The molecule has 3 atom stereocenters. The summed E-state index contributed by atoms with van der Waals surface area (Å²) in [5.74, 6) is -1.38. The van der Waals surface area contributed by atoms with Crippen LogP contribution in [-0.4, -0.2) is 36.4 Å². The number of carboxylic acid groups (broad SMARTS) is 1. The van der Waals surface area contributed by atoms with Gasteiger partial charge in [-0.25, -0.2) is 4.79 Å². The van der Waals surface area contributed by atoms with Gasteiger partial charge in [0.2, 0.25) is 0 Å². The van der Waals surface area contributed by atoms with Gasteiger partial charge in [0.15, 0.2) is 0 Å². The first kappa shape index (κ1) is 18.3. The standard InChI is InChI=1S/C18H25NO5/c1-11(16(20)21)23-10-14-13-8-6-5-7-12(13)9-15(14)19-17(22)24-18(2,3)4/h5-8,11,14-15H,9-10H2,1-4H3,(H,19,22)(H,20,21)/p-1/t11?,14-,15-/m1/s1. The van der Waals surface area contributed by atoms with Crippen LogP contribution in [0.2, 0.25) is 0 Å². The number of hydrogen-bond acceptors (Lipinski definition) is 5. The third kappa shape index (κ3) is 4.71. The lowest BCUT2D eigenvalue weighted by Crippen LogP contribution is -2.43. The van der Waals surface area contributed by atoms with Crippen LogP contribution >= 0.6 is 0 Å². The number of aliphatic carboxylic acids is 1. The molecule has 6 heteroatoms. The van der Waals surface area contributed by atoms with Crippen molar-refractivity contribution in [2.24, 2.45) is 0 Å². The zero-order valence-electron chi connectivity index (χ0n) is 14.5. The zero-order valence-corrected chi connectivity index (χ0v) is 14.5. The van der Waals surface area contributed by atoms with Gasteiger partial charge in [-0.3, -0.25) is 0 Å². The molecule has 0 aromatic heterocycles. The molecule has 1 amide bonds. The lowest BCUT2D eigenvalue weighted by atomic mass is 9.99. The fourth-order valence-corrected chi connectivity index (χ4v) is 2.81. The average molecular weight is 334 g/mol. The second kappa shape index (κ2) is 7.21. The summed E-state index contributed by atoms with van der Waals surface area (Å²) in [6.45, 7) is 7.04. The van der Waals surface area contributed by atoms with Gasteiger partial charge in [-0.15, -0.1) is 0 Å². The van der Waals surface area contributed by atoms with Crippen molar-refractivity contribution in [3.05, 3.63) is 35.4 Å². The summed E-state index contributed by atoms with van der Waals surface area (Å²) in [4.78, 5) is 22.9. The Labute approximate surface area is 142 Å². The van der Waals surface area contributed by atoms with E-state index < -0.39 is 23.8 Å². The van der Waals surface area contributed by atoms with Gasteiger partial charge in [-0.1, -0.05) is 24.3 Å². The fraction of sp³-hybridized carbons (Fsp3) is 0.556. The van der Waals surface area contributed by atoms with Crippen LogP contribution in [0.4, 0.5) is 4.79 Å². The number of carboxylic acids is 1. The Bertz CT molecular complexity index is 608. The molecule has 24 heavy (non-hydrogen) atoms. The SMILES string of the molecule is CC(OC[C@@H]1c2ccccc2C[C@H]1NC(=O)OC(C)(C)C)C(=O)[O-]. The first-order valence-electron chi connectivity index (χ1n) is 8.07. The van der Waals surface area contributed by atoms with Crippen molar-refractivity contribution in [2.75, 3.05) is 6.61 Å². The molecule has 0 radical (unpaired) electrons. The molecular weight excluding hydrogens is 310 g/mol. The van der Waals surface area contributed by atoms with Gasteiger partial charge in [-0.2, -0.15) is 0 Å². The van der Waals surface area contributed by atoms with Gasteiger partial charge in [0.05, 0.1) is 18.7 Å². The number of rotatable bonds is 5. The largest absolute Gasteiger partial charge is 0.547 e. The summed E-state index contributed by atoms with van der Waals surface area (Å²) >= 11 is 0. The van der Waals surface area contributed by atoms with Crippen LogP contribution < -0.4 is 10.4 Å². The Morgan fingerprint density at radius 2 is 2.00 bits per heavy atom. The Morgan fingerprint density at radius 3 is 2.62 bits per heavy atom. The lowest BCUT2D eigenvalue weighted by Gasteiger charge is -2.26. The summed E-state index contributed by atoms with van der Waals surface area (Å²) in [6, 6.07) is 7.64. The summed E-state index contributed by atoms with van der Waals surface area (Å²) in [7, 11) is 0. The second-order valence-electron chi connectivity index (χ2n) is 7.06. The highest BCUT2D eigenvalue weighted by molar-refractivity contribution is 5.69. The van der Waals surface area contributed by atoms with Crippen LogP contribution in [0.5, 0.6) is 0 Å². The van der Waals surface area contributed by atoms with Crippen LogP contribution in [0.3, 0.4) is 0 Å². The lowest BCUT2D eigenvalue weighted by molar-refractivity contribution is -0.316. The highest BCUT2D eigenvalue weighted by Crippen LogP contribution is 2.34. The minimum Gasteiger partial charge on any atom is -0.547 e. The number of nitrogens with one attached hydrogen (secondary N) is 1. The van der Waals surface area contributed by atoms with Crippen molar-refractivity contribution >= 4 is 12.1 Å². The number of carbonyl (C=O) groups is 2.